The summed E-state index contributed by atoms with van der Waals surface area (Å²) in [5, 5.41) is 24.7. The molecular formula is C39H56N2O7. The number of unbranched alkanes of at least 4 members (excludes halogenated alkanes) is 3. The lowest BCUT2D eigenvalue weighted by molar-refractivity contribution is -0.187. The Hall–Kier alpha value is -2.85. The van der Waals surface area contributed by atoms with Gasteiger partial charge in [0.15, 0.2) is 5.78 Å². The van der Waals surface area contributed by atoms with Crippen LogP contribution in [0.2, 0.25) is 0 Å². The summed E-state index contributed by atoms with van der Waals surface area (Å²) in [6.45, 7) is 11.1. The molecule has 1 aromatic carbocycles. The number of nitrogens with two attached hydrogens (primary N) is 2. The van der Waals surface area contributed by atoms with E-state index in [0.717, 1.165) is 32.1 Å². The molecule has 2 fully saturated rings. The van der Waals surface area contributed by atoms with Gasteiger partial charge in [0.1, 0.15) is 29.9 Å². The molecule has 0 aromatic heterocycles. The van der Waals surface area contributed by atoms with Crippen LogP contribution in [-0.2, 0) is 30.3 Å². The largest absolute Gasteiger partial charge is 0.460 e. The minimum atomic E-state index is -1.89. The zero-order valence-electron chi connectivity index (χ0n) is 29.5. The molecule has 0 saturated heterocycles. The summed E-state index contributed by atoms with van der Waals surface area (Å²) in [7, 11) is 0. The molecule has 6 N–H and O–H groups in total. The van der Waals surface area contributed by atoms with Gasteiger partial charge in [-0.3, -0.25) is 14.4 Å². The molecule has 9 nitrogen and oxygen atoms in total. The van der Waals surface area contributed by atoms with Gasteiger partial charge in [-0.25, -0.2) is 0 Å². The molecule has 0 aliphatic heterocycles. The summed E-state index contributed by atoms with van der Waals surface area (Å²) in [4.78, 5) is 39.7. The first kappa shape index (κ1) is 36.4. The minimum absolute atomic E-state index is 0.0871. The molecule has 0 amide bonds. The number of ketones is 1. The van der Waals surface area contributed by atoms with Crippen molar-refractivity contribution < 1.29 is 34.1 Å². The first-order valence-corrected chi connectivity index (χ1v) is 17.8. The number of carbonyl (C=O) groups is 3. The zero-order valence-corrected chi connectivity index (χ0v) is 29.5. The van der Waals surface area contributed by atoms with Crippen LogP contribution < -0.4 is 11.5 Å². The van der Waals surface area contributed by atoms with Crippen LogP contribution in [0.5, 0.6) is 0 Å². The molecule has 1 aromatic rings. The van der Waals surface area contributed by atoms with Crippen molar-refractivity contribution >= 4 is 17.7 Å². The van der Waals surface area contributed by atoms with Crippen LogP contribution in [0.3, 0.4) is 0 Å². The van der Waals surface area contributed by atoms with Crippen LogP contribution in [0.25, 0.3) is 0 Å². The number of aryl methyl sites for hydroxylation is 1. The van der Waals surface area contributed by atoms with Crippen molar-refractivity contribution in [3.05, 3.63) is 59.2 Å². The summed E-state index contributed by atoms with van der Waals surface area (Å²) in [5.41, 5.74) is 9.88. The maximum Gasteiger partial charge on any atom is 0.323 e. The Morgan fingerprint density at radius 1 is 1.00 bits per heavy atom. The van der Waals surface area contributed by atoms with Crippen molar-refractivity contribution in [2.24, 2.45) is 46.5 Å². The summed E-state index contributed by atoms with van der Waals surface area (Å²) in [6.07, 6.45) is 9.37. The highest BCUT2D eigenvalue weighted by molar-refractivity contribution is 6.04. The van der Waals surface area contributed by atoms with E-state index < -0.39 is 69.8 Å². The van der Waals surface area contributed by atoms with E-state index in [-0.39, 0.29) is 24.9 Å². The number of Topliss-reactive ketones (excluding diaryl/α,β-unsaturated/α-hetero) is 1. The topological polar surface area (TPSA) is 162 Å². The Labute approximate surface area is 285 Å². The third-order valence-corrected chi connectivity index (χ3v) is 12.2. The number of esters is 2. The Balaban J connectivity index is 1.32. The molecule has 0 heterocycles. The SMILES string of the molecule is CC1=C[C@H]2[C@@]3(O)[C@H](C)C[C@]4(OC(=O)[C@H](N)CCCCCCc5ccccc5)[C@H]([C@@H]3C=C(COC(=O)[C@@H](N)C(C)C)C[C@]2(O)C1=O)C4(C)C. The minimum Gasteiger partial charge on any atom is -0.460 e. The first-order chi connectivity index (χ1) is 22.5. The average Bonchev–Trinajstić information content (AvgIpc) is 3.45. The maximum absolute atomic E-state index is 13.5. The fourth-order valence-corrected chi connectivity index (χ4v) is 9.19. The number of carbonyl (C=O) groups excluding carboxylic acids is 3. The third-order valence-electron chi connectivity index (χ3n) is 12.2. The van der Waals surface area contributed by atoms with Crippen molar-refractivity contribution in [3.8, 4) is 0 Å². The fourth-order valence-electron chi connectivity index (χ4n) is 9.19. The van der Waals surface area contributed by atoms with E-state index >= 15 is 0 Å². The molecule has 264 valence electrons. The fraction of sp³-hybridized carbons (Fsp3) is 0.667. The molecule has 0 radical (unpaired) electrons. The molecule has 0 spiro atoms. The second kappa shape index (κ2) is 13.5. The number of rotatable bonds is 13. The number of hydrogen-bond acceptors (Lipinski definition) is 9. The van der Waals surface area contributed by atoms with Crippen molar-refractivity contribution in [1.82, 2.24) is 0 Å². The Morgan fingerprint density at radius 3 is 2.33 bits per heavy atom. The quantitative estimate of drug-likeness (QED) is 0.135. The van der Waals surface area contributed by atoms with E-state index in [9.17, 15) is 24.6 Å². The van der Waals surface area contributed by atoms with Crippen LogP contribution in [0.15, 0.2) is 53.6 Å². The van der Waals surface area contributed by atoms with Crippen LogP contribution in [0.1, 0.15) is 92.1 Å². The molecule has 4 aliphatic carbocycles. The first-order valence-electron chi connectivity index (χ1n) is 17.8. The van der Waals surface area contributed by atoms with Gasteiger partial charge < -0.3 is 31.2 Å². The highest BCUT2D eigenvalue weighted by Gasteiger charge is 2.83. The summed E-state index contributed by atoms with van der Waals surface area (Å²) >= 11 is 0. The summed E-state index contributed by atoms with van der Waals surface area (Å²) < 4.78 is 12.0. The maximum atomic E-state index is 13.5. The van der Waals surface area contributed by atoms with Gasteiger partial charge in [-0.05, 0) is 61.2 Å². The van der Waals surface area contributed by atoms with E-state index in [1.54, 1.807) is 13.0 Å². The second-order valence-electron chi connectivity index (χ2n) is 16.0. The van der Waals surface area contributed by atoms with E-state index in [0.29, 0.717) is 24.0 Å². The summed E-state index contributed by atoms with van der Waals surface area (Å²) in [5.74, 6) is -3.81. The van der Waals surface area contributed by atoms with E-state index in [1.807, 2.05) is 46.8 Å². The lowest BCUT2D eigenvalue weighted by Crippen LogP contribution is -2.61. The van der Waals surface area contributed by atoms with Gasteiger partial charge >= 0.3 is 11.9 Å². The van der Waals surface area contributed by atoms with E-state index in [1.165, 1.54) is 5.56 Å². The number of fused-ring (bicyclic) bond motifs is 5. The smallest absolute Gasteiger partial charge is 0.323 e. The van der Waals surface area contributed by atoms with Crippen LogP contribution >= 0.6 is 0 Å². The van der Waals surface area contributed by atoms with Gasteiger partial charge in [0.05, 0.1) is 5.60 Å². The number of ether oxygens (including phenoxy) is 2. The molecule has 9 atom stereocenters. The van der Waals surface area contributed by atoms with Crippen LogP contribution in [-0.4, -0.2) is 63.4 Å². The second-order valence-corrected chi connectivity index (χ2v) is 16.0. The van der Waals surface area contributed by atoms with Crippen LogP contribution in [0, 0.1) is 35.0 Å². The molecule has 4 aliphatic rings. The van der Waals surface area contributed by atoms with Crippen molar-refractivity contribution in [1.29, 1.82) is 0 Å². The highest BCUT2D eigenvalue weighted by Crippen LogP contribution is 2.76. The van der Waals surface area contributed by atoms with E-state index in [4.69, 9.17) is 20.9 Å². The Bertz CT molecular complexity index is 1450. The standard InChI is InChI=1S/C39H56N2O7/c1-23(2)31(41)35(44)47-22-27-19-28-32-36(5,6)38(32,20-25(4)39(28,46)30-18-24(3)33(42)37(30,45)21-27)48-34(43)29(40)17-13-8-7-10-14-26-15-11-9-12-16-26/h9,11-12,15-16,18-19,23,25,28-32,45-46H,7-8,10,13-14,17,20-22,40-41H2,1-6H3/t25-,28+,29-,30-,31+,32-,37-,38+,39-/m1/s1. The lowest BCUT2D eigenvalue weighted by Gasteiger charge is -2.50. The van der Waals surface area contributed by atoms with Gasteiger partial charge in [0.25, 0.3) is 0 Å². The van der Waals surface area contributed by atoms with E-state index in [2.05, 4.69) is 24.3 Å². The molecule has 0 unspecified atom stereocenters. The Kier molecular flexibility index (Phi) is 10.2. The van der Waals surface area contributed by atoms with Crippen molar-refractivity contribution in [2.75, 3.05) is 6.61 Å². The predicted octanol–water partition coefficient (Wildman–Crippen LogP) is 4.56. The molecule has 5 rings (SSSR count). The van der Waals surface area contributed by atoms with Crippen molar-refractivity contribution in [2.45, 2.75) is 122 Å². The number of benzene rings is 1. The number of aliphatic hydroxyl groups is 2. The Morgan fingerprint density at radius 2 is 1.67 bits per heavy atom. The third kappa shape index (κ3) is 6.21. The molecule has 0 bridgehead atoms. The van der Waals surface area contributed by atoms with Gasteiger partial charge in [-0.2, -0.15) is 0 Å². The lowest BCUT2D eigenvalue weighted by atomic mass is 9.60. The predicted molar refractivity (Wildman–Crippen MR) is 183 cm³/mol. The number of hydrogen-bond donors (Lipinski definition) is 4. The monoisotopic (exact) mass is 664 g/mol. The molecular weight excluding hydrogens is 608 g/mol. The van der Waals surface area contributed by atoms with Gasteiger partial charge in [-0.15, -0.1) is 0 Å². The van der Waals surface area contributed by atoms with Gasteiger partial charge in [-0.1, -0.05) is 96.4 Å². The molecule has 2 saturated carbocycles. The highest BCUT2D eigenvalue weighted by atomic mass is 16.6. The molecule has 48 heavy (non-hydrogen) atoms. The van der Waals surface area contributed by atoms with Crippen LogP contribution in [0.4, 0.5) is 0 Å². The average molecular weight is 665 g/mol. The van der Waals surface area contributed by atoms with Gasteiger partial charge in [0.2, 0.25) is 0 Å². The van der Waals surface area contributed by atoms with Crippen molar-refractivity contribution in [3.63, 3.8) is 0 Å². The normalized spacial score (nSPS) is 34.5. The van der Waals surface area contributed by atoms with Gasteiger partial charge in [0, 0.05) is 29.6 Å². The molecule has 9 heteroatoms. The summed E-state index contributed by atoms with van der Waals surface area (Å²) in [6, 6.07) is 8.84. The zero-order chi connectivity index (χ0) is 35.2.